The molecule has 2 fully saturated rings. The van der Waals surface area contributed by atoms with E-state index in [4.69, 9.17) is 9.47 Å². The molecule has 0 amide bonds. The predicted molar refractivity (Wildman–Crippen MR) is 83.7 cm³/mol. The first kappa shape index (κ1) is 16.3. The summed E-state index contributed by atoms with van der Waals surface area (Å²) < 4.78 is 11.9. The van der Waals surface area contributed by atoms with Crippen LogP contribution in [0.3, 0.4) is 0 Å². The number of hydrogen-bond donors (Lipinski definition) is 0. The van der Waals surface area contributed by atoms with Crippen LogP contribution in [-0.2, 0) is 9.47 Å². The Morgan fingerprint density at radius 2 is 1.50 bits per heavy atom. The largest absolute Gasteiger partial charge is 0.353 e. The Kier molecular flexibility index (Phi) is 6.35. The molecule has 2 heteroatoms. The Labute approximate surface area is 125 Å². The van der Waals surface area contributed by atoms with Gasteiger partial charge >= 0.3 is 0 Å². The minimum absolute atomic E-state index is 0.259. The molecule has 118 valence electrons. The van der Waals surface area contributed by atoms with Gasteiger partial charge in [-0.3, -0.25) is 0 Å². The highest BCUT2D eigenvalue weighted by atomic mass is 16.7. The van der Waals surface area contributed by atoms with Gasteiger partial charge in [0.25, 0.3) is 0 Å². The fraction of sp³-hybridized carbons (Fsp3) is 1.00. The standard InChI is InChI=1S/C18H34O2/c1-4-5-6-7-8-9-10-17(15-11-12-15)18(19-2,20-3)16-13-14-16/h15-17H,4-14H2,1-3H3. The van der Waals surface area contributed by atoms with Gasteiger partial charge in [0.1, 0.15) is 0 Å². The van der Waals surface area contributed by atoms with E-state index in [1.165, 1.54) is 70.6 Å². The summed E-state index contributed by atoms with van der Waals surface area (Å²) in [6.45, 7) is 2.28. The molecule has 0 aromatic rings. The lowest BCUT2D eigenvalue weighted by Crippen LogP contribution is -2.45. The first-order valence-corrected chi connectivity index (χ1v) is 8.88. The summed E-state index contributed by atoms with van der Waals surface area (Å²) in [5.74, 6) is 1.90. The van der Waals surface area contributed by atoms with E-state index in [1.54, 1.807) is 0 Å². The van der Waals surface area contributed by atoms with Crippen LogP contribution in [-0.4, -0.2) is 20.0 Å². The van der Waals surface area contributed by atoms with Crippen LogP contribution in [0.25, 0.3) is 0 Å². The molecule has 0 N–H and O–H groups in total. The Morgan fingerprint density at radius 3 is 2.00 bits per heavy atom. The van der Waals surface area contributed by atoms with Crippen molar-refractivity contribution in [2.24, 2.45) is 17.8 Å². The molecule has 20 heavy (non-hydrogen) atoms. The highest BCUT2D eigenvalue weighted by Crippen LogP contribution is 2.54. The van der Waals surface area contributed by atoms with Gasteiger partial charge in [0.2, 0.25) is 0 Å². The third-order valence-electron chi connectivity index (χ3n) is 5.36. The maximum absolute atomic E-state index is 5.95. The molecule has 0 aromatic heterocycles. The van der Waals surface area contributed by atoms with Crippen molar-refractivity contribution in [2.45, 2.75) is 83.3 Å². The van der Waals surface area contributed by atoms with Crippen molar-refractivity contribution in [1.82, 2.24) is 0 Å². The lowest BCUT2D eigenvalue weighted by atomic mass is 9.84. The van der Waals surface area contributed by atoms with Crippen LogP contribution >= 0.6 is 0 Å². The molecule has 2 saturated carbocycles. The van der Waals surface area contributed by atoms with Gasteiger partial charge in [-0.25, -0.2) is 0 Å². The van der Waals surface area contributed by atoms with Gasteiger partial charge < -0.3 is 9.47 Å². The molecule has 0 saturated heterocycles. The van der Waals surface area contributed by atoms with Crippen LogP contribution in [0.15, 0.2) is 0 Å². The van der Waals surface area contributed by atoms with Crippen LogP contribution < -0.4 is 0 Å². The summed E-state index contributed by atoms with van der Waals surface area (Å²) in [7, 11) is 3.72. The van der Waals surface area contributed by atoms with E-state index in [1.807, 2.05) is 14.2 Å². The van der Waals surface area contributed by atoms with Gasteiger partial charge in [0.05, 0.1) is 0 Å². The lowest BCUT2D eigenvalue weighted by Gasteiger charge is -2.39. The van der Waals surface area contributed by atoms with Crippen molar-refractivity contribution >= 4 is 0 Å². The molecule has 2 aliphatic carbocycles. The van der Waals surface area contributed by atoms with E-state index in [2.05, 4.69) is 6.92 Å². The second-order valence-electron chi connectivity index (χ2n) is 6.90. The monoisotopic (exact) mass is 282 g/mol. The topological polar surface area (TPSA) is 18.5 Å². The summed E-state index contributed by atoms with van der Waals surface area (Å²) in [6, 6.07) is 0. The zero-order valence-corrected chi connectivity index (χ0v) is 13.8. The predicted octanol–water partition coefficient (Wildman–Crippen LogP) is 5.16. The summed E-state index contributed by atoms with van der Waals surface area (Å²) in [4.78, 5) is 0. The average molecular weight is 282 g/mol. The second-order valence-corrected chi connectivity index (χ2v) is 6.90. The van der Waals surface area contributed by atoms with Gasteiger partial charge in [-0.2, -0.15) is 0 Å². The van der Waals surface area contributed by atoms with E-state index in [0.717, 1.165) is 5.92 Å². The quantitative estimate of drug-likeness (QED) is 0.363. The zero-order chi connectivity index (χ0) is 14.4. The van der Waals surface area contributed by atoms with Gasteiger partial charge in [0.15, 0.2) is 5.79 Å². The Morgan fingerprint density at radius 1 is 0.900 bits per heavy atom. The van der Waals surface area contributed by atoms with E-state index in [-0.39, 0.29) is 5.79 Å². The molecule has 1 unspecified atom stereocenters. The zero-order valence-electron chi connectivity index (χ0n) is 13.8. The fourth-order valence-electron chi connectivity index (χ4n) is 3.92. The van der Waals surface area contributed by atoms with Gasteiger partial charge in [-0.15, -0.1) is 0 Å². The van der Waals surface area contributed by atoms with E-state index in [9.17, 15) is 0 Å². The van der Waals surface area contributed by atoms with Crippen LogP contribution in [0.5, 0.6) is 0 Å². The maximum atomic E-state index is 5.95. The van der Waals surface area contributed by atoms with Crippen LogP contribution in [0, 0.1) is 17.8 Å². The first-order chi connectivity index (χ1) is 9.78. The summed E-state index contributed by atoms with van der Waals surface area (Å²) >= 11 is 0. The third kappa shape index (κ3) is 3.98. The molecule has 0 aromatic carbocycles. The highest BCUT2D eigenvalue weighted by molar-refractivity contribution is 4.99. The smallest absolute Gasteiger partial charge is 0.173 e. The van der Waals surface area contributed by atoms with E-state index >= 15 is 0 Å². The molecule has 0 radical (unpaired) electrons. The van der Waals surface area contributed by atoms with E-state index < -0.39 is 0 Å². The van der Waals surface area contributed by atoms with Crippen molar-refractivity contribution in [1.29, 1.82) is 0 Å². The van der Waals surface area contributed by atoms with Gasteiger partial charge in [-0.05, 0) is 38.0 Å². The number of ether oxygens (including phenoxy) is 2. The van der Waals surface area contributed by atoms with Crippen LogP contribution in [0.2, 0.25) is 0 Å². The minimum atomic E-state index is -0.259. The normalized spacial score (nSPS) is 21.1. The molecule has 2 rings (SSSR count). The van der Waals surface area contributed by atoms with Crippen molar-refractivity contribution < 1.29 is 9.47 Å². The first-order valence-electron chi connectivity index (χ1n) is 8.88. The number of hydrogen-bond acceptors (Lipinski definition) is 2. The molecule has 0 heterocycles. The second kappa shape index (κ2) is 7.79. The van der Waals surface area contributed by atoms with Gasteiger partial charge in [-0.1, -0.05) is 45.4 Å². The maximum Gasteiger partial charge on any atom is 0.173 e. The Bertz CT molecular complexity index is 265. The van der Waals surface area contributed by atoms with Crippen molar-refractivity contribution in [2.75, 3.05) is 14.2 Å². The van der Waals surface area contributed by atoms with Crippen molar-refractivity contribution in [3.05, 3.63) is 0 Å². The number of unbranched alkanes of at least 4 members (excludes halogenated alkanes) is 5. The molecular formula is C18H34O2. The van der Waals surface area contributed by atoms with Crippen molar-refractivity contribution in [3.8, 4) is 0 Å². The van der Waals surface area contributed by atoms with E-state index in [0.29, 0.717) is 11.8 Å². The lowest BCUT2D eigenvalue weighted by molar-refractivity contribution is -0.259. The Balaban J connectivity index is 1.80. The molecule has 2 aliphatic rings. The average Bonchev–Trinajstić information content (AvgIpc) is 3.33. The molecular weight excluding hydrogens is 248 g/mol. The van der Waals surface area contributed by atoms with Crippen molar-refractivity contribution in [3.63, 3.8) is 0 Å². The van der Waals surface area contributed by atoms with Crippen LogP contribution in [0.4, 0.5) is 0 Å². The molecule has 1 atom stereocenters. The van der Waals surface area contributed by atoms with Gasteiger partial charge in [0, 0.05) is 26.1 Å². The summed E-state index contributed by atoms with van der Waals surface area (Å²) in [5, 5.41) is 0. The Hall–Kier alpha value is -0.0800. The molecule has 0 bridgehead atoms. The fourth-order valence-corrected chi connectivity index (χ4v) is 3.92. The summed E-state index contributed by atoms with van der Waals surface area (Å²) in [5.41, 5.74) is 0. The number of rotatable bonds is 12. The SMILES string of the molecule is CCCCCCCCC(C1CC1)C(OC)(OC)C1CC1. The van der Waals surface area contributed by atoms with Crippen LogP contribution in [0.1, 0.15) is 77.6 Å². The molecule has 0 aliphatic heterocycles. The number of methoxy groups -OCH3 is 2. The highest BCUT2D eigenvalue weighted by Gasteiger charge is 2.55. The summed E-state index contributed by atoms with van der Waals surface area (Å²) in [6.07, 6.45) is 15.0. The minimum Gasteiger partial charge on any atom is -0.353 e. The molecule has 0 spiro atoms. The molecule has 2 nitrogen and oxygen atoms in total. The third-order valence-corrected chi connectivity index (χ3v) is 5.36.